The molecule has 0 aromatic carbocycles. The van der Waals surface area contributed by atoms with Gasteiger partial charge in [0.2, 0.25) is 0 Å². The van der Waals surface area contributed by atoms with Crippen molar-refractivity contribution in [3.63, 3.8) is 0 Å². The Kier molecular flexibility index (Phi) is 5.08. The minimum absolute atomic E-state index is 0.385. The van der Waals surface area contributed by atoms with E-state index in [1.165, 1.54) is 12.8 Å². The molecule has 12 heavy (non-hydrogen) atoms. The highest BCUT2D eigenvalue weighted by Crippen LogP contribution is 2.44. The standard InChI is InChI=1S/C10H22S2/c1-7-8-10(5,6)12-11-9(2,3)4/h7-8H2,1-6H3. The predicted molar refractivity (Wildman–Crippen MR) is 63.9 cm³/mol. The molecule has 0 saturated heterocycles. The first-order valence-electron chi connectivity index (χ1n) is 4.64. The summed E-state index contributed by atoms with van der Waals surface area (Å²) in [5.74, 6) is 0. The van der Waals surface area contributed by atoms with Gasteiger partial charge in [-0.25, -0.2) is 0 Å². The van der Waals surface area contributed by atoms with Crippen LogP contribution in [0, 0.1) is 0 Å². The van der Waals surface area contributed by atoms with Crippen LogP contribution in [0.25, 0.3) is 0 Å². The SMILES string of the molecule is CCCC(C)(C)SSC(C)(C)C. The lowest BCUT2D eigenvalue weighted by Gasteiger charge is -2.27. The molecule has 0 bridgehead atoms. The summed E-state index contributed by atoms with van der Waals surface area (Å²) in [6.45, 7) is 13.7. The van der Waals surface area contributed by atoms with Gasteiger partial charge in [-0.1, -0.05) is 55.7 Å². The van der Waals surface area contributed by atoms with Gasteiger partial charge in [0.15, 0.2) is 0 Å². The molecule has 0 unspecified atom stereocenters. The van der Waals surface area contributed by atoms with E-state index in [9.17, 15) is 0 Å². The third kappa shape index (κ3) is 7.35. The number of hydrogen-bond donors (Lipinski definition) is 0. The summed E-state index contributed by atoms with van der Waals surface area (Å²) in [7, 11) is 4.02. The second kappa shape index (κ2) is 4.80. The molecule has 0 aliphatic carbocycles. The van der Waals surface area contributed by atoms with E-state index in [2.05, 4.69) is 41.5 Å². The number of hydrogen-bond acceptors (Lipinski definition) is 2. The molecule has 0 aliphatic heterocycles. The van der Waals surface area contributed by atoms with Gasteiger partial charge < -0.3 is 0 Å². The van der Waals surface area contributed by atoms with E-state index in [1.54, 1.807) is 0 Å². The summed E-state index contributed by atoms with van der Waals surface area (Å²) in [5.41, 5.74) is 0. The maximum atomic E-state index is 2.33. The Labute approximate surface area is 85.7 Å². The van der Waals surface area contributed by atoms with Gasteiger partial charge in [0.05, 0.1) is 0 Å². The topological polar surface area (TPSA) is 0 Å². The van der Waals surface area contributed by atoms with Crippen molar-refractivity contribution < 1.29 is 0 Å². The summed E-state index contributed by atoms with van der Waals surface area (Å²) in [6, 6.07) is 0. The van der Waals surface area contributed by atoms with E-state index < -0.39 is 0 Å². The lowest BCUT2D eigenvalue weighted by Crippen LogP contribution is -2.15. The van der Waals surface area contributed by atoms with Crippen LogP contribution in [0.1, 0.15) is 54.4 Å². The first-order valence-corrected chi connectivity index (χ1v) is 6.79. The molecule has 0 radical (unpaired) electrons. The van der Waals surface area contributed by atoms with Gasteiger partial charge in [0, 0.05) is 9.49 Å². The molecule has 0 aromatic heterocycles. The Morgan fingerprint density at radius 1 is 0.917 bits per heavy atom. The first kappa shape index (κ1) is 12.7. The molecule has 0 amide bonds. The Hall–Kier alpha value is 0.700. The zero-order chi connectivity index (χ0) is 9.83. The van der Waals surface area contributed by atoms with Crippen molar-refractivity contribution in [1.29, 1.82) is 0 Å². The van der Waals surface area contributed by atoms with Crippen LogP contribution in [-0.2, 0) is 0 Å². The maximum Gasteiger partial charge on any atom is 0.0207 e. The molecule has 0 atom stereocenters. The van der Waals surface area contributed by atoms with Crippen molar-refractivity contribution in [3.05, 3.63) is 0 Å². The van der Waals surface area contributed by atoms with Crippen molar-refractivity contribution in [2.24, 2.45) is 0 Å². The van der Waals surface area contributed by atoms with Crippen LogP contribution in [0.5, 0.6) is 0 Å². The fraction of sp³-hybridized carbons (Fsp3) is 1.00. The molecule has 0 aliphatic rings. The molecule has 2 heteroatoms. The zero-order valence-electron chi connectivity index (χ0n) is 9.23. The van der Waals surface area contributed by atoms with Gasteiger partial charge in [0.25, 0.3) is 0 Å². The van der Waals surface area contributed by atoms with Crippen LogP contribution in [0.3, 0.4) is 0 Å². The summed E-state index contributed by atoms with van der Waals surface area (Å²) in [6.07, 6.45) is 2.59. The average molecular weight is 206 g/mol. The normalized spacial score (nSPS) is 13.5. The van der Waals surface area contributed by atoms with Crippen LogP contribution in [0.4, 0.5) is 0 Å². The molecular weight excluding hydrogens is 184 g/mol. The second-order valence-electron chi connectivity index (χ2n) is 4.79. The lowest BCUT2D eigenvalue weighted by atomic mass is 10.1. The molecule has 0 fully saturated rings. The monoisotopic (exact) mass is 206 g/mol. The van der Waals surface area contributed by atoms with Crippen LogP contribution >= 0.6 is 21.6 Å². The average Bonchev–Trinajstić information content (AvgIpc) is 1.83. The van der Waals surface area contributed by atoms with Crippen LogP contribution in [0.15, 0.2) is 0 Å². The van der Waals surface area contributed by atoms with Gasteiger partial charge in [-0.3, -0.25) is 0 Å². The van der Waals surface area contributed by atoms with Gasteiger partial charge in [0.1, 0.15) is 0 Å². The van der Waals surface area contributed by atoms with Gasteiger partial charge in [-0.15, -0.1) is 0 Å². The van der Waals surface area contributed by atoms with Crippen LogP contribution in [-0.4, -0.2) is 9.49 Å². The van der Waals surface area contributed by atoms with Crippen molar-refractivity contribution in [2.45, 2.75) is 63.9 Å². The molecule has 0 heterocycles. The van der Waals surface area contributed by atoms with Crippen LogP contribution in [0.2, 0.25) is 0 Å². The van der Waals surface area contributed by atoms with Crippen LogP contribution < -0.4 is 0 Å². The molecule has 0 N–H and O–H groups in total. The third-order valence-corrected chi connectivity index (χ3v) is 5.71. The molecule has 0 nitrogen and oxygen atoms in total. The smallest absolute Gasteiger partial charge is 0.0207 e. The summed E-state index contributed by atoms with van der Waals surface area (Å²) in [5, 5.41) is 0. The summed E-state index contributed by atoms with van der Waals surface area (Å²) < 4.78 is 0.822. The van der Waals surface area contributed by atoms with E-state index >= 15 is 0 Å². The highest BCUT2D eigenvalue weighted by atomic mass is 33.1. The lowest BCUT2D eigenvalue weighted by molar-refractivity contribution is 0.630. The summed E-state index contributed by atoms with van der Waals surface area (Å²) in [4.78, 5) is 0. The fourth-order valence-corrected chi connectivity index (χ4v) is 3.32. The Morgan fingerprint density at radius 3 is 1.75 bits per heavy atom. The Bertz CT molecular complexity index is 122. The molecular formula is C10H22S2. The minimum Gasteiger partial charge on any atom is -0.0876 e. The number of rotatable bonds is 4. The van der Waals surface area contributed by atoms with Crippen molar-refractivity contribution in [1.82, 2.24) is 0 Å². The Morgan fingerprint density at radius 2 is 1.42 bits per heavy atom. The van der Waals surface area contributed by atoms with E-state index in [1.807, 2.05) is 21.6 Å². The van der Waals surface area contributed by atoms with E-state index in [0.29, 0.717) is 9.49 Å². The Balaban J connectivity index is 3.75. The maximum absolute atomic E-state index is 2.33. The van der Waals surface area contributed by atoms with Gasteiger partial charge in [-0.2, -0.15) is 0 Å². The van der Waals surface area contributed by atoms with Gasteiger partial charge >= 0.3 is 0 Å². The highest BCUT2D eigenvalue weighted by molar-refractivity contribution is 8.77. The van der Waals surface area contributed by atoms with Gasteiger partial charge in [-0.05, 0) is 20.3 Å². The van der Waals surface area contributed by atoms with Crippen molar-refractivity contribution in [3.8, 4) is 0 Å². The highest BCUT2D eigenvalue weighted by Gasteiger charge is 2.21. The van der Waals surface area contributed by atoms with Crippen molar-refractivity contribution in [2.75, 3.05) is 0 Å². The quantitative estimate of drug-likeness (QED) is 0.609. The fourth-order valence-electron chi connectivity index (χ4n) is 0.882. The second-order valence-corrected chi connectivity index (χ2v) is 8.45. The molecule has 74 valence electrons. The molecule has 0 spiro atoms. The largest absolute Gasteiger partial charge is 0.0876 e. The third-order valence-electron chi connectivity index (χ3n) is 1.37. The first-order chi connectivity index (χ1) is 5.27. The van der Waals surface area contributed by atoms with E-state index in [4.69, 9.17) is 0 Å². The van der Waals surface area contributed by atoms with Crippen molar-refractivity contribution >= 4 is 21.6 Å². The van der Waals surface area contributed by atoms with E-state index in [-0.39, 0.29) is 0 Å². The predicted octanol–water partition coefficient (Wildman–Crippen LogP) is 4.75. The zero-order valence-corrected chi connectivity index (χ0v) is 10.9. The minimum atomic E-state index is 0.385. The molecule has 0 aromatic rings. The summed E-state index contributed by atoms with van der Waals surface area (Å²) >= 11 is 0. The molecule has 0 saturated carbocycles. The van der Waals surface area contributed by atoms with E-state index in [0.717, 1.165) is 0 Å². The molecule has 0 rings (SSSR count).